The summed E-state index contributed by atoms with van der Waals surface area (Å²) in [5, 5.41) is 5.05. The SMILES string of the molecule is C1=C(c2ccccc2)Cc2cccc3c(-c4ccccc4)cc(Oc4cc(-c5ccccc5)c5cccc6c5c4C=C(c4ccccc4)C6)c1c23. The Labute approximate surface area is 298 Å². The molecule has 0 saturated heterocycles. The van der Waals surface area contributed by atoms with Crippen LogP contribution in [0.4, 0.5) is 0 Å². The van der Waals surface area contributed by atoms with Crippen molar-refractivity contribution in [1.29, 1.82) is 0 Å². The molecule has 0 unspecified atom stereocenters. The maximum absolute atomic E-state index is 7.42. The third-order valence-corrected chi connectivity index (χ3v) is 10.6. The quantitative estimate of drug-likeness (QED) is 0.174. The Morgan fingerprint density at radius 3 is 1.12 bits per heavy atom. The number of hydrogen-bond acceptors (Lipinski definition) is 1. The Hall–Kier alpha value is -6.44. The van der Waals surface area contributed by atoms with Crippen molar-refractivity contribution < 1.29 is 4.74 Å². The predicted octanol–water partition coefficient (Wildman–Crippen LogP) is 13.3. The molecular formula is C50H34O. The van der Waals surface area contributed by atoms with Gasteiger partial charge in [0.1, 0.15) is 11.5 Å². The van der Waals surface area contributed by atoms with Crippen LogP contribution in [0.3, 0.4) is 0 Å². The van der Waals surface area contributed by atoms with Gasteiger partial charge in [0, 0.05) is 11.1 Å². The van der Waals surface area contributed by atoms with Gasteiger partial charge in [-0.05, 0) is 114 Å². The highest BCUT2D eigenvalue weighted by atomic mass is 16.5. The van der Waals surface area contributed by atoms with Crippen LogP contribution < -0.4 is 4.74 Å². The molecule has 1 nitrogen and oxygen atoms in total. The molecule has 0 fully saturated rings. The lowest BCUT2D eigenvalue weighted by Crippen LogP contribution is -2.04. The van der Waals surface area contributed by atoms with Crippen LogP contribution in [-0.2, 0) is 12.8 Å². The summed E-state index contributed by atoms with van der Waals surface area (Å²) in [4.78, 5) is 0. The van der Waals surface area contributed by atoms with Crippen molar-refractivity contribution in [2.75, 3.05) is 0 Å². The Morgan fingerprint density at radius 2 is 0.725 bits per heavy atom. The minimum atomic E-state index is 0.870. The third-order valence-electron chi connectivity index (χ3n) is 10.6. The molecule has 8 aromatic carbocycles. The Bertz CT molecular complexity index is 2480. The Balaban J connectivity index is 1.26. The van der Waals surface area contributed by atoms with Gasteiger partial charge in [0.2, 0.25) is 0 Å². The number of benzene rings is 8. The second-order valence-electron chi connectivity index (χ2n) is 13.6. The van der Waals surface area contributed by atoms with Crippen LogP contribution in [0.15, 0.2) is 170 Å². The summed E-state index contributed by atoms with van der Waals surface area (Å²) in [5.41, 5.74) is 14.7. The van der Waals surface area contributed by atoms with Crippen molar-refractivity contribution in [3.05, 3.63) is 203 Å². The summed E-state index contributed by atoms with van der Waals surface area (Å²) in [5.74, 6) is 1.74. The molecule has 0 heterocycles. The number of hydrogen-bond donors (Lipinski definition) is 0. The van der Waals surface area contributed by atoms with E-state index in [2.05, 4.69) is 182 Å². The standard InChI is InChI=1S/C50H34O/c1-5-15-33(16-6-1)39-27-37-23-13-25-41-43(35-19-9-3-10-20-35)31-47(45(29-39)49(37)41)51-48-32-44(36-21-11-4-12-22-36)42-26-14-24-38-28-40(30-46(48)50(38)42)34-17-7-2-8-18-34/h1-26,29-32H,27-28H2. The van der Waals surface area contributed by atoms with Crippen LogP contribution in [0.25, 0.3) is 67.1 Å². The van der Waals surface area contributed by atoms with E-state index in [1.165, 1.54) is 77.2 Å². The van der Waals surface area contributed by atoms with Crippen LogP contribution in [-0.4, -0.2) is 0 Å². The normalized spacial score (nSPS) is 13.2. The van der Waals surface area contributed by atoms with E-state index in [0.29, 0.717) is 0 Å². The summed E-state index contributed by atoms with van der Waals surface area (Å²) >= 11 is 0. The molecule has 1 heteroatoms. The van der Waals surface area contributed by atoms with Gasteiger partial charge in [-0.2, -0.15) is 0 Å². The van der Waals surface area contributed by atoms with E-state index >= 15 is 0 Å². The lowest BCUT2D eigenvalue weighted by molar-refractivity contribution is 0.482. The Kier molecular flexibility index (Phi) is 7.03. The summed E-state index contributed by atoms with van der Waals surface area (Å²) in [7, 11) is 0. The van der Waals surface area contributed by atoms with E-state index in [1.807, 2.05) is 0 Å². The second-order valence-corrected chi connectivity index (χ2v) is 13.6. The Morgan fingerprint density at radius 1 is 0.353 bits per heavy atom. The van der Waals surface area contributed by atoms with Gasteiger partial charge in [-0.15, -0.1) is 0 Å². The maximum Gasteiger partial charge on any atom is 0.135 e. The number of allylic oxidation sites excluding steroid dienone is 2. The summed E-state index contributed by atoms with van der Waals surface area (Å²) < 4.78 is 7.42. The average molecular weight is 651 g/mol. The largest absolute Gasteiger partial charge is 0.456 e. The molecule has 0 bridgehead atoms. The summed E-state index contributed by atoms with van der Waals surface area (Å²) in [6.07, 6.45) is 6.49. The molecule has 2 aliphatic rings. The van der Waals surface area contributed by atoms with Crippen molar-refractivity contribution in [3.8, 4) is 33.8 Å². The van der Waals surface area contributed by atoms with Crippen molar-refractivity contribution in [2.24, 2.45) is 0 Å². The highest BCUT2D eigenvalue weighted by molar-refractivity contribution is 6.11. The first-order valence-corrected chi connectivity index (χ1v) is 17.8. The lowest BCUT2D eigenvalue weighted by Gasteiger charge is -2.26. The van der Waals surface area contributed by atoms with Crippen molar-refractivity contribution in [1.82, 2.24) is 0 Å². The van der Waals surface area contributed by atoms with Crippen LogP contribution >= 0.6 is 0 Å². The van der Waals surface area contributed by atoms with Crippen LogP contribution in [0.5, 0.6) is 11.5 Å². The zero-order chi connectivity index (χ0) is 33.7. The van der Waals surface area contributed by atoms with Gasteiger partial charge in [-0.3, -0.25) is 0 Å². The molecule has 0 radical (unpaired) electrons. The van der Waals surface area contributed by atoms with Crippen molar-refractivity contribution >= 4 is 44.8 Å². The van der Waals surface area contributed by atoms with Gasteiger partial charge in [0.25, 0.3) is 0 Å². The van der Waals surface area contributed by atoms with Crippen molar-refractivity contribution in [3.63, 3.8) is 0 Å². The molecule has 0 spiro atoms. The molecular weight excluding hydrogens is 617 g/mol. The molecule has 0 saturated carbocycles. The van der Waals surface area contributed by atoms with Crippen molar-refractivity contribution in [2.45, 2.75) is 12.8 Å². The minimum Gasteiger partial charge on any atom is -0.456 e. The number of rotatable bonds is 6. The molecule has 8 aromatic rings. The molecule has 0 aliphatic heterocycles. The first-order valence-electron chi connectivity index (χ1n) is 17.8. The zero-order valence-corrected chi connectivity index (χ0v) is 28.1. The molecule has 240 valence electrons. The fourth-order valence-electron chi connectivity index (χ4n) is 8.22. The predicted molar refractivity (Wildman–Crippen MR) is 215 cm³/mol. The van der Waals surface area contributed by atoms with E-state index in [4.69, 9.17) is 4.74 Å². The van der Waals surface area contributed by atoms with Crippen LogP contribution in [0.1, 0.15) is 33.4 Å². The van der Waals surface area contributed by atoms with Crippen LogP contribution in [0.2, 0.25) is 0 Å². The fourth-order valence-corrected chi connectivity index (χ4v) is 8.22. The van der Waals surface area contributed by atoms with E-state index in [1.54, 1.807) is 0 Å². The molecule has 0 N–H and O–H groups in total. The first-order chi connectivity index (χ1) is 25.3. The lowest BCUT2D eigenvalue weighted by atomic mass is 9.83. The van der Waals surface area contributed by atoms with Gasteiger partial charge < -0.3 is 4.74 Å². The van der Waals surface area contributed by atoms with Gasteiger partial charge >= 0.3 is 0 Å². The van der Waals surface area contributed by atoms with Crippen LogP contribution in [0, 0.1) is 0 Å². The molecule has 2 aliphatic carbocycles. The topological polar surface area (TPSA) is 9.23 Å². The van der Waals surface area contributed by atoms with Gasteiger partial charge in [-0.25, -0.2) is 0 Å². The van der Waals surface area contributed by atoms with E-state index < -0.39 is 0 Å². The average Bonchev–Trinajstić information content (AvgIpc) is 3.21. The molecule has 0 atom stereocenters. The minimum absolute atomic E-state index is 0.870. The van der Waals surface area contributed by atoms with Gasteiger partial charge in [-0.1, -0.05) is 158 Å². The van der Waals surface area contributed by atoms with E-state index in [0.717, 1.165) is 35.5 Å². The maximum atomic E-state index is 7.42. The smallest absolute Gasteiger partial charge is 0.135 e. The summed E-state index contributed by atoms with van der Waals surface area (Å²) in [6.45, 7) is 0. The first kappa shape index (κ1) is 29.5. The highest BCUT2D eigenvalue weighted by Gasteiger charge is 2.25. The van der Waals surface area contributed by atoms with E-state index in [9.17, 15) is 0 Å². The molecule has 0 aromatic heterocycles. The third kappa shape index (κ3) is 5.09. The molecule has 0 amide bonds. The summed E-state index contributed by atoms with van der Waals surface area (Å²) in [6, 6.07) is 61.1. The highest BCUT2D eigenvalue weighted by Crippen LogP contribution is 2.49. The second kappa shape index (κ2) is 12.2. The zero-order valence-electron chi connectivity index (χ0n) is 28.1. The molecule has 10 rings (SSSR count). The monoisotopic (exact) mass is 650 g/mol. The fraction of sp³-hybridized carbons (Fsp3) is 0.0400. The van der Waals surface area contributed by atoms with Gasteiger partial charge in [0.15, 0.2) is 0 Å². The number of ether oxygens (including phenoxy) is 1. The van der Waals surface area contributed by atoms with E-state index in [-0.39, 0.29) is 0 Å². The molecule has 51 heavy (non-hydrogen) atoms. The van der Waals surface area contributed by atoms with Gasteiger partial charge in [0.05, 0.1) is 0 Å².